The highest BCUT2D eigenvalue weighted by atomic mass is 16.5. The van der Waals surface area contributed by atoms with Crippen molar-refractivity contribution < 1.29 is 4.74 Å². The lowest BCUT2D eigenvalue weighted by molar-refractivity contribution is 0.0247. The van der Waals surface area contributed by atoms with Crippen LogP contribution < -0.4 is 5.73 Å². The second-order valence-corrected chi connectivity index (χ2v) is 6.05. The van der Waals surface area contributed by atoms with Crippen LogP contribution in [0.4, 0.5) is 0 Å². The maximum Gasteiger partial charge on any atom is 0.0731 e. The molecule has 2 heteroatoms. The fraction of sp³-hybridized carbons (Fsp3) is 1.00. The Hall–Kier alpha value is -0.0800. The van der Waals surface area contributed by atoms with Gasteiger partial charge in [0.25, 0.3) is 0 Å². The molecule has 2 N–H and O–H groups in total. The lowest BCUT2D eigenvalue weighted by Gasteiger charge is -2.28. The number of hydrogen-bond acceptors (Lipinski definition) is 2. The zero-order valence-corrected chi connectivity index (χ0v) is 10.2. The Morgan fingerprint density at radius 3 is 2.47 bits per heavy atom. The molecule has 2 unspecified atom stereocenters. The molecule has 2 saturated carbocycles. The molecule has 2 rings (SSSR count). The van der Waals surface area contributed by atoms with Gasteiger partial charge in [-0.25, -0.2) is 0 Å². The molecule has 0 heterocycles. The summed E-state index contributed by atoms with van der Waals surface area (Å²) >= 11 is 0. The van der Waals surface area contributed by atoms with E-state index in [1.54, 1.807) is 0 Å². The fourth-order valence-corrected chi connectivity index (χ4v) is 2.72. The SMILES string of the molecule is CC1(C)CCC(OCCC2CCC2)C1N. The van der Waals surface area contributed by atoms with Crippen LogP contribution in [0.2, 0.25) is 0 Å². The molecule has 2 fully saturated rings. The standard InChI is InChI=1S/C13H25NO/c1-13(2)8-6-11(12(13)14)15-9-7-10-4-3-5-10/h10-12H,3-9,14H2,1-2H3. The van der Waals surface area contributed by atoms with Gasteiger partial charge in [-0.1, -0.05) is 33.1 Å². The third-order valence-electron chi connectivity index (χ3n) is 4.46. The van der Waals surface area contributed by atoms with Crippen LogP contribution in [-0.4, -0.2) is 18.8 Å². The minimum atomic E-state index is 0.235. The van der Waals surface area contributed by atoms with Gasteiger partial charge < -0.3 is 10.5 Å². The van der Waals surface area contributed by atoms with Crippen molar-refractivity contribution in [1.29, 1.82) is 0 Å². The van der Waals surface area contributed by atoms with Gasteiger partial charge >= 0.3 is 0 Å². The second kappa shape index (κ2) is 4.42. The van der Waals surface area contributed by atoms with Gasteiger partial charge in [-0.05, 0) is 30.6 Å². The fourth-order valence-electron chi connectivity index (χ4n) is 2.72. The lowest BCUT2D eigenvalue weighted by atomic mass is 9.83. The third kappa shape index (κ3) is 2.54. The van der Waals surface area contributed by atoms with Crippen LogP contribution in [-0.2, 0) is 4.74 Å². The summed E-state index contributed by atoms with van der Waals surface area (Å²) in [6, 6.07) is 0.235. The van der Waals surface area contributed by atoms with E-state index in [-0.39, 0.29) is 11.5 Å². The molecule has 0 saturated heterocycles. The Kier molecular flexibility index (Phi) is 3.36. The number of hydrogen-bond donors (Lipinski definition) is 1. The van der Waals surface area contributed by atoms with Crippen molar-refractivity contribution in [2.24, 2.45) is 17.1 Å². The number of rotatable bonds is 4. The molecule has 0 aromatic heterocycles. The van der Waals surface area contributed by atoms with Crippen LogP contribution in [0.1, 0.15) is 52.4 Å². The van der Waals surface area contributed by atoms with Gasteiger partial charge in [-0.15, -0.1) is 0 Å². The van der Waals surface area contributed by atoms with Crippen molar-refractivity contribution in [3.05, 3.63) is 0 Å². The van der Waals surface area contributed by atoms with E-state index in [0.29, 0.717) is 6.10 Å². The first-order chi connectivity index (χ1) is 7.09. The van der Waals surface area contributed by atoms with E-state index in [1.165, 1.54) is 32.1 Å². The van der Waals surface area contributed by atoms with Gasteiger partial charge in [0.05, 0.1) is 6.10 Å². The van der Waals surface area contributed by atoms with Crippen molar-refractivity contribution in [1.82, 2.24) is 0 Å². The first-order valence-electron chi connectivity index (χ1n) is 6.47. The maximum atomic E-state index is 6.20. The highest BCUT2D eigenvalue weighted by Crippen LogP contribution is 2.38. The first kappa shape index (κ1) is 11.4. The molecule has 0 aromatic rings. The van der Waals surface area contributed by atoms with Crippen LogP contribution in [0.25, 0.3) is 0 Å². The average molecular weight is 211 g/mol. The molecule has 2 nitrogen and oxygen atoms in total. The molecule has 2 aliphatic rings. The lowest BCUT2D eigenvalue weighted by Crippen LogP contribution is -2.41. The van der Waals surface area contributed by atoms with Crippen LogP contribution in [0.5, 0.6) is 0 Å². The smallest absolute Gasteiger partial charge is 0.0731 e. The first-order valence-corrected chi connectivity index (χ1v) is 6.47. The Bertz CT molecular complexity index is 211. The second-order valence-electron chi connectivity index (χ2n) is 6.05. The van der Waals surface area contributed by atoms with Crippen molar-refractivity contribution in [3.8, 4) is 0 Å². The zero-order valence-electron chi connectivity index (χ0n) is 10.2. The topological polar surface area (TPSA) is 35.2 Å². The highest BCUT2D eigenvalue weighted by Gasteiger charge is 2.40. The van der Waals surface area contributed by atoms with Crippen molar-refractivity contribution in [2.45, 2.75) is 64.5 Å². The van der Waals surface area contributed by atoms with Crippen LogP contribution in [0.15, 0.2) is 0 Å². The van der Waals surface area contributed by atoms with Crippen molar-refractivity contribution >= 4 is 0 Å². The van der Waals surface area contributed by atoms with E-state index >= 15 is 0 Å². The summed E-state index contributed by atoms with van der Waals surface area (Å²) in [7, 11) is 0. The Labute approximate surface area is 93.6 Å². The predicted molar refractivity (Wildman–Crippen MR) is 62.7 cm³/mol. The van der Waals surface area contributed by atoms with Crippen LogP contribution in [0.3, 0.4) is 0 Å². The average Bonchev–Trinajstić information content (AvgIpc) is 2.35. The molecule has 0 bridgehead atoms. The Balaban J connectivity index is 1.66. The molecule has 0 radical (unpaired) electrons. The largest absolute Gasteiger partial charge is 0.377 e. The summed E-state index contributed by atoms with van der Waals surface area (Å²) in [5.74, 6) is 0.954. The summed E-state index contributed by atoms with van der Waals surface area (Å²) in [5.41, 5.74) is 6.47. The Morgan fingerprint density at radius 1 is 1.27 bits per heavy atom. The quantitative estimate of drug-likeness (QED) is 0.776. The van der Waals surface area contributed by atoms with E-state index < -0.39 is 0 Å². The molecule has 0 aromatic carbocycles. The van der Waals surface area contributed by atoms with Gasteiger partial charge in [0.1, 0.15) is 0 Å². The minimum Gasteiger partial charge on any atom is -0.377 e. The van der Waals surface area contributed by atoms with Gasteiger partial charge in [0.2, 0.25) is 0 Å². The molecular formula is C13H25NO. The normalized spacial score (nSPS) is 35.4. The minimum absolute atomic E-state index is 0.235. The summed E-state index contributed by atoms with van der Waals surface area (Å²) in [6.07, 6.45) is 8.21. The van der Waals surface area contributed by atoms with E-state index in [2.05, 4.69) is 13.8 Å². The summed E-state index contributed by atoms with van der Waals surface area (Å²) < 4.78 is 5.93. The molecule has 0 aliphatic heterocycles. The van der Waals surface area contributed by atoms with Crippen molar-refractivity contribution in [2.75, 3.05) is 6.61 Å². The highest BCUT2D eigenvalue weighted by molar-refractivity contribution is 4.95. The maximum absolute atomic E-state index is 6.20. The molecule has 0 amide bonds. The van der Waals surface area contributed by atoms with E-state index in [0.717, 1.165) is 18.9 Å². The van der Waals surface area contributed by atoms with E-state index in [9.17, 15) is 0 Å². The number of nitrogens with two attached hydrogens (primary N) is 1. The molecule has 2 atom stereocenters. The summed E-state index contributed by atoms with van der Waals surface area (Å²) in [5, 5.41) is 0. The van der Waals surface area contributed by atoms with Crippen molar-refractivity contribution in [3.63, 3.8) is 0 Å². The molecule has 0 spiro atoms. The molecule has 88 valence electrons. The Morgan fingerprint density at radius 2 is 2.00 bits per heavy atom. The molecule has 2 aliphatic carbocycles. The van der Waals surface area contributed by atoms with Crippen LogP contribution >= 0.6 is 0 Å². The predicted octanol–water partition coefficient (Wildman–Crippen LogP) is 2.71. The summed E-state index contributed by atoms with van der Waals surface area (Å²) in [4.78, 5) is 0. The molecule has 15 heavy (non-hydrogen) atoms. The van der Waals surface area contributed by atoms with E-state index in [1.807, 2.05) is 0 Å². The van der Waals surface area contributed by atoms with Gasteiger partial charge in [0, 0.05) is 12.6 Å². The summed E-state index contributed by atoms with van der Waals surface area (Å²) in [6.45, 7) is 5.44. The van der Waals surface area contributed by atoms with Gasteiger partial charge in [-0.2, -0.15) is 0 Å². The monoisotopic (exact) mass is 211 g/mol. The third-order valence-corrected chi connectivity index (χ3v) is 4.46. The molecular weight excluding hydrogens is 186 g/mol. The van der Waals surface area contributed by atoms with Crippen LogP contribution in [0, 0.1) is 11.3 Å². The number of ether oxygens (including phenoxy) is 1. The zero-order chi connectivity index (χ0) is 10.9. The van der Waals surface area contributed by atoms with Gasteiger partial charge in [-0.3, -0.25) is 0 Å². The van der Waals surface area contributed by atoms with E-state index in [4.69, 9.17) is 10.5 Å². The van der Waals surface area contributed by atoms with Gasteiger partial charge in [0.15, 0.2) is 0 Å².